The minimum Gasteiger partial charge on any atom is -0.495 e. The van der Waals surface area contributed by atoms with E-state index in [2.05, 4.69) is 5.10 Å². The number of rotatable bonds is 5. The molecule has 0 aliphatic carbocycles. The van der Waals surface area contributed by atoms with Crippen LogP contribution in [0.1, 0.15) is 23.4 Å². The van der Waals surface area contributed by atoms with Crippen molar-refractivity contribution in [3.8, 4) is 11.4 Å². The molecule has 5 nitrogen and oxygen atoms in total. The first-order valence-corrected chi connectivity index (χ1v) is 6.92. The van der Waals surface area contributed by atoms with Crippen LogP contribution in [0.25, 0.3) is 5.69 Å². The van der Waals surface area contributed by atoms with Crippen molar-refractivity contribution >= 4 is 17.6 Å². The fourth-order valence-electron chi connectivity index (χ4n) is 2.31. The van der Waals surface area contributed by atoms with Crippen LogP contribution in [0.3, 0.4) is 0 Å². The molecule has 1 N–H and O–H groups in total. The van der Waals surface area contributed by atoms with Crippen molar-refractivity contribution in [2.45, 2.75) is 26.7 Å². The highest BCUT2D eigenvalue weighted by Gasteiger charge is 2.14. The summed E-state index contributed by atoms with van der Waals surface area (Å²) in [6.45, 7) is 3.81. The van der Waals surface area contributed by atoms with Gasteiger partial charge in [0.1, 0.15) is 5.75 Å². The molecule has 112 valence electrons. The molecule has 0 spiro atoms. The highest BCUT2D eigenvalue weighted by Crippen LogP contribution is 2.28. The van der Waals surface area contributed by atoms with Gasteiger partial charge in [-0.3, -0.25) is 4.79 Å². The third-order valence-corrected chi connectivity index (χ3v) is 3.71. The number of aromatic nitrogens is 2. The first-order chi connectivity index (χ1) is 9.93. The molecule has 2 rings (SSSR count). The van der Waals surface area contributed by atoms with Crippen molar-refractivity contribution in [3.63, 3.8) is 0 Å². The number of halogens is 1. The van der Waals surface area contributed by atoms with E-state index < -0.39 is 5.97 Å². The molecule has 0 bridgehead atoms. The molecule has 0 aliphatic rings. The van der Waals surface area contributed by atoms with E-state index in [-0.39, 0.29) is 6.42 Å². The van der Waals surface area contributed by atoms with Gasteiger partial charge < -0.3 is 9.84 Å². The smallest absolute Gasteiger partial charge is 0.303 e. The number of aryl methyl sites for hydroxylation is 1. The van der Waals surface area contributed by atoms with Crippen molar-refractivity contribution in [1.29, 1.82) is 0 Å². The summed E-state index contributed by atoms with van der Waals surface area (Å²) in [7, 11) is 1.56. The van der Waals surface area contributed by atoms with Gasteiger partial charge in [0, 0.05) is 12.1 Å². The van der Waals surface area contributed by atoms with Gasteiger partial charge in [0.15, 0.2) is 0 Å². The van der Waals surface area contributed by atoms with Crippen LogP contribution in [-0.2, 0) is 11.2 Å². The Bertz CT molecular complexity index is 680. The highest BCUT2D eigenvalue weighted by molar-refractivity contribution is 6.32. The second-order valence-corrected chi connectivity index (χ2v) is 5.18. The Balaban J connectivity index is 2.39. The lowest BCUT2D eigenvalue weighted by Gasteiger charge is -2.08. The first-order valence-electron chi connectivity index (χ1n) is 6.55. The number of carboxylic acids is 1. The van der Waals surface area contributed by atoms with Crippen LogP contribution in [0.2, 0.25) is 5.02 Å². The molecule has 0 radical (unpaired) electrons. The Hall–Kier alpha value is -2.01. The van der Waals surface area contributed by atoms with E-state index in [1.807, 2.05) is 19.9 Å². The average molecular weight is 309 g/mol. The lowest BCUT2D eigenvalue weighted by atomic mass is 10.1. The second-order valence-electron chi connectivity index (χ2n) is 4.77. The third kappa shape index (κ3) is 3.19. The van der Waals surface area contributed by atoms with Gasteiger partial charge in [-0.15, -0.1) is 0 Å². The summed E-state index contributed by atoms with van der Waals surface area (Å²) in [5, 5.41) is 13.8. The lowest BCUT2D eigenvalue weighted by molar-refractivity contribution is -0.136. The van der Waals surface area contributed by atoms with E-state index in [0.717, 1.165) is 22.6 Å². The van der Waals surface area contributed by atoms with Gasteiger partial charge in [0.05, 0.1) is 23.5 Å². The van der Waals surface area contributed by atoms with Gasteiger partial charge in [-0.05, 0) is 44.0 Å². The van der Waals surface area contributed by atoms with Crippen LogP contribution in [-0.4, -0.2) is 28.0 Å². The van der Waals surface area contributed by atoms with Crippen LogP contribution in [0.5, 0.6) is 5.75 Å². The highest BCUT2D eigenvalue weighted by atomic mass is 35.5. The standard InChI is InChI=1S/C15H17ClN2O3/c1-9-12(5-7-15(19)20)10(2)18(17-9)11-4-6-14(21-3)13(16)8-11/h4,6,8H,5,7H2,1-3H3,(H,19,20). The van der Waals surface area contributed by atoms with Crippen LogP contribution in [0, 0.1) is 13.8 Å². The van der Waals surface area contributed by atoms with Gasteiger partial charge >= 0.3 is 5.97 Å². The number of nitrogens with zero attached hydrogens (tertiary/aromatic N) is 2. The maximum atomic E-state index is 10.7. The van der Waals surface area contributed by atoms with Crippen molar-refractivity contribution in [3.05, 3.63) is 40.2 Å². The Kier molecular flexibility index (Phi) is 4.53. The molecule has 0 aliphatic heterocycles. The summed E-state index contributed by atoms with van der Waals surface area (Å²) in [6, 6.07) is 5.43. The Morgan fingerprint density at radius 3 is 2.71 bits per heavy atom. The fraction of sp³-hybridized carbons (Fsp3) is 0.333. The predicted molar refractivity (Wildman–Crippen MR) is 80.6 cm³/mol. The number of ether oxygens (including phenoxy) is 1. The number of hydrogen-bond donors (Lipinski definition) is 1. The number of aliphatic carboxylic acids is 1. The minimum absolute atomic E-state index is 0.0940. The molecule has 1 aromatic carbocycles. The first kappa shape index (κ1) is 15.4. The zero-order valence-corrected chi connectivity index (χ0v) is 12.9. The third-order valence-electron chi connectivity index (χ3n) is 3.41. The number of benzene rings is 1. The van der Waals surface area contributed by atoms with Crippen molar-refractivity contribution in [2.75, 3.05) is 7.11 Å². The molecule has 0 atom stereocenters. The van der Waals surface area contributed by atoms with Gasteiger partial charge in [-0.1, -0.05) is 11.6 Å². The van der Waals surface area contributed by atoms with E-state index in [4.69, 9.17) is 21.4 Å². The van der Waals surface area contributed by atoms with E-state index in [9.17, 15) is 4.79 Å². The average Bonchev–Trinajstić information content (AvgIpc) is 2.71. The molecule has 0 saturated heterocycles. The largest absolute Gasteiger partial charge is 0.495 e. The maximum Gasteiger partial charge on any atom is 0.303 e. The summed E-state index contributed by atoms with van der Waals surface area (Å²) in [6.07, 6.45) is 0.563. The van der Waals surface area contributed by atoms with E-state index in [1.54, 1.807) is 23.9 Å². The number of methoxy groups -OCH3 is 1. The zero-order valence-electron chi connectivity index (χ0n) is 12.2. The molecule has 1 heterocycles. The molecule has 2 aromatic rings. The molecule has 0 amide bonds. The normalized spacial score (nSPS) is 10.7. The minimum atomic E-state index is -0.811. The number of carboxylic acid groups (broad SMARTS) is 1. The van der Waals surface area contributed by atoms with Gasteiger partial charge in [0.25, 0.3) is 0 Å². The van der Waals surface area contributed by atoms with Gasteiger partial charge in [-0.25, -0.2) is 4.68 Å². The maximum absolute atomic E-state index is 10.7. The Morgan fingerprint density at radius 2 is 2.14 bits per heavy atom. The fourth-order valence-corrected chi connectivity index (χ4v) is 2.56. The van der Waals surface area contributed by atoms with Crippen molar-refractivity contribution in [1.82, 2.24) is 9.78 Å². The molecule has 21 heavy (non-hydrogen) atoms. The predicted octanol–water partition coefficient (Wildman–Crippen LogP) is 3.17. The van der Waals surface area contributed by atoms with E-state index in [1.165, 1.54) is 0 Å². The van der Waals surface area contributed by atoms with Gasteiger partial charge in [0.2, 0.25) is 0 Å². The van der Waals surface area contributed by atoms with Crippen LogP contribution in [0.4, 0.5) is 0 Å². The molecule has 0 unspecified atom stereocenters. The number of carbonyl (C=O) groups is 1. The zero-order chi connectivity index (χ0) is 15.6. The SMILES string of the molecule is COc1ccc(-n2nc(C)c(CCC(=O)O)c2C)cc1Cl. The van der Waals surface area contributed by atoms with E-state index in [0.29, 0.717) is 17.2 Å². The molecular weight excluding hydrogens is 292 g/mol. The number of hydrogen-bond acceptors (Lipinski definition) is 3. The Labute approximate surface area is 128 Å². The second kappa shape index (κ2) is 6.18. The monoisotopic (exact) mass is 308 g/mol. The van der Waals surface area contributed by atoms with Crippen LogP contribution >= 0.6 is 11.6 Å². The van der Waals surface area contributed by atoms with Crippen LogP contribution < -0.4 is 4.74 Å². The quantitative estimate of drug-likeness (QED) is 0.921. The molecule has 0 fully saturated rings. The summed E-state index contributed by atoms with van der Waals surface area (Å²) in [4.78, 5) is 10.7. The summed E-state index contributed by atoms with van der Waals surface area (Å²) in [5.41, 5.74) is 3.54. The molecular formula is C15H17ClN2O3. The van der Waals surface area contributed by atoms with Crippen molar-refractivity contribution < 1.29 is 14.6 Å². The summed E-state index contributed by atoms with van der Waals surface area (Å²) in [5.74, 6) is -0.206. The molecule has 1 aromatic heterocycles. The summed E-state index contributed by atoms with van der Waals surface area (Å²) >= 11 is 6.14. The topological polar surface area (TPSA) is 64.4 Å². The van der Waals surface area contributed by atoms with E-state index >= 15 is 0 Å². The van der Waals surface area contributed by atoms with Crippen LogP contribution in [0.15, 0.2) is 18.2 Å². The summed E-state index contributed by atoms with van der Waals surface area (Å²) < 4.78 is 6.91. The molecule has 0 saturated carbocycles. The molecule has 6 heteroatoms. The van der Waals surface area contributed by atoms with Crippen molar-refractivity contribution in [2.24, 2.45) is 0 Å². The van der Waals surface area contributed by atoms with Gasteiger partial charge in [-0.2, -0.15) is 5.10 Å². The Morgan fingerprint density at radius 1 is 1.43 bits per heavy atom. The lowest BCUT2D eigenvalue weighted by Crippen LogP contribution is -2.01.